The van der Waals surface area contributed by atoms with E-state index in [0.29, 0.717) is 18.8 Å². The van der Waals surface area contributed by atoms with Crippen molar-refractivity contribution in [3.05, 3.63) is 64.1 Å². The van der Waals surface area contributed by atoms with Gasteiger partial charge >= 0.3 is 0 Å². The molecule has 2 aromatic carbocycles. The Morgan fingerprint density at radius 1 is 1.22 bits per heavy atom. The maximum absolute atomic E-state index is 13.4. The molecule has 2 aromatic rings. The number of hydrogen-bond acceptors (Lipinski definition) is 3. The van der Waals surface area contributed by atoms with Crippen LogP contribution in [0.15, 0.2) is 51.9 Å². The summed E-state index contributed by atoms with van der Waals surface area (Å²) in [6.45, 7) is 1.09. The van der Waals surface area contributed by atoms with E-state index in [1.54, 1.807) is 0 Å². The van der Waals surface area contributed by atoms with Crippen LogP contribution in [-0.4, -0.2) is 31.1 Å². The Bertz CT molecular complexity index is 855. The first-order valence-electron chi connectivity index (χ1n) is 8.46. The lowest BCUT2D eigenvalue weighted by Gasteiger charge is -2.13. The van der Waals surface area contributed by atoms with Crippen molar-refractivity contribution in [1.82, 2.24) is 5.32 Å². The minimum Gasteiger partial charge on any atom is -0.376 e. The molecule has 5 nitrogen and oxygen atoms in total. The number of nitrogens with zero attached hydrogens (tertiary/aromatic N) is 1. The molecule has 0 saturated carbocycles. The Labute approximate surface area is 164 Å². The summed E-state index contributed by atoms with van der Waals surface area (Å²) in [5.74, 6) is -2.48. The summed E-state index contributed by atoms with van der Waals surface area (Å²) >= 11 is 3.38. The summed E-state index contributed by atoms with van der Waals surface area (Å²) in [5, 5.41) is 5.65. The fourth-order valence-electron chi connectivity index (χ4n) is 2.61. The number of benzene rings is 2. The van der Waals surface area contributed by atoms with Crippen LogP contribution in [0.2, 0.25) is 0 Å². The first kappa shape index (κ1) is 19.4. The molecule has 1 unspecified atom stereocenters. The molecule has 1 fully saturated rings. The van der Waals surface area contributed by atoms with Crippen LogP contribution in [-0.2, 0) is 4.74 Å². The molecule has 1 saturated heterocycles. The number of guanidine groups is 1. The van der Waals surface area contributed by atoms with Crippen molar-refractivity contribution in [1.29, 1.82) is 0 Å². The third-order valence-electron chi connectivity index (χ3n) is 3.98. The Kier molecular flexibility index (Phi) is 6.52. The van der Waals surface area contributed by atoms with Gasteiger partial charge in [0.1, 0.15) is 0 Å². The van der Waals surface area contributed by atoms with Crippen molar-refractivity contribution in [2.75, 3.05) is 18.5 Å². The predicted molar refractivity (Wildman–Crippen MR) is 103 cm³/mol. The smallest absolute Gasteiger partial charge is 0.258 e. The maximum Gasteiger partial charge on any atom is 0.258 e. The molecule has 3 rings (SSSR count). The highest BCUT2D eigenvalue weighted by molar-refractivity contribution is 9.10. The second kappa shape index (κ2) is 9.05. The Morgan fingerprint density at radius 2 is 2.07 bits per heavy atom. The molecule has 1 heterocycles. The van der Waals surface area contributed by atoms with E-state index >= 15 is 0 Å². The third kappa shape index (κ3) is 5.58. The number of aliphatic imine (C=N–C) groups is 1. The zero-order valence-electron chi connectivity index (χ0n) is 14.3. The van der Waals surface area contributed by atoms with Crippen molar-refractivity contribution in [2.24, 2.45) is 4.99 Å². The lowest BCUT2D eigenvalue weighted by molar-refractivity contribution is 0.0975. The van der Waals surface area contributed by atoms with E-state index in [-0.39, 0.29) is 17.6 Å². The average molecular weight is 438 g/mol. The van der Waals surface area contributed by atoms with Crippen molar-refractivity contribution in [3.8, 4) is 0 Å². The highest BCUT2D eigenvalue weighted by Gasteiger charge is 2.16. The first-order valence-corrected chi connectivity index (χ1v) is 9.25. The molecule has 2 N–H and O–H groups in total. The molecule has 0 aliphatic carbocycles. The zero-order valence-corrected chi connectivity index (χ0v) is 15.9. The second-order valence-corrected chi connectivity index (χ2v) is 6.96. The largest absolute Gasteiger partial charge is 0.376 e. The van der Waals surface area contributed by atoms with Crippen LogP contribution in [0, 0.1) is 11.6 Å². The first-order chi connectivity index (χ1) is 13.0. The van der Waals surface area contributed by atoms with E-state index in [9.17, 15) is 13.6 Å². The molecule has 0 radical (unpaired) electrons. The highest BCUT2D eigenvalue weighted by atomic mass is 79.9. The summed E-state index contributed by atoms with van der Waals surface area (Å²) in [5.41, 5.74) is 0.704. The number of nitrogens with one attached hydrogen (secondary N) is 2. The predicted octanol–water partition coefficient (Wildman–Crippen LogP) is 4.10. The quantitative estimate of drug-likeness (QED) is 0.558. The Morgan fingerprint density at radius 3 is 2.78 bits per heavy atom. The van der Waals surface area contributed by atoms with E-state index in [1.165, 1.54) is 6.07 Å². The van der Waals surface area contributed by atoms with Gasteiger partial charge in [-0.05, 0) is 49.2 Å². The Hall–Kier alpha value is -2.32. The number of rotatable bonds is 4. The fourth-order valence-corrected chi connectivity index (χ4v) is 3.01. The molecular weight excluding hydrogens is 420 g/mol. The van der Waals surface area contributed by atoms with Crippen molar-refractivity contribution in [3.63, 3.8) is 0 Å². The standard InChI is InChI=1S/C19H18BrF2N3O2/c20-13-3-1-4-14(10-13)24-19(23-11-15-5-2-8-27-15)25-18(26)12-6-7-16(21)17(22)9-12/h1,3-4,6-7,9-10,15H,2,5,8,11H2,(H2,23,24,25,26). The van der Waals surface area contributed by atoms with Crippen molar-refractivity contribution < 1.29 is 18.3 Å². The highest BCUT2D eigenvalue weighted by Crippen LogP contribution is 2.16. The summed E-state index contributed by atoms with van der Waals surface area (Å²) in [7, 11) is 0. The van der Waals surface area contributed by atoms with Crippen molar-refractivity contribution in [2.45, 2.75) is 18.9 Å². The molecule has 1 aliphatic heterocycles. The second-order valence-electron chi connectivity index (χ2n) is 6.04. The van der Waals surface area contributed by atoms with Gasteiger partial charge < -0.3 is 10.1 Å². The van der Waals surface area contributed by atoms with E-state index in [2.05, 4.69) is 31.6 Å². The topological polar surface area (TPSA) is 62.7 Å². The molecule has 1 amide bonds. The van der Waals surface area contributed by atoms with Gasteiger partial charge in [-0.1, -0.05) is 22.0 Å². The van der Waals surface area contributed by atoms with E-state index < -0.39 is 17.5 Å². The van der Waals surface area contributed by atoms with Crippen LogP contribution in [0.25, 0.3) is 0 Å². The number of hydrogen-bond donors (Lipinski definition) is 2. The molecule has 0 spiro atoms. The summed E-state index contributed by atoms with van der Waals surface area (Å²) in [6.07, 6.45) is 1.89. The number of carbonyl (C=O) groups is 1. The minimum absolute atomic E-state index is 0.00415. The summed E-state index contributed by atoms with van der Waals surface area (Å²) in [4.78, 5) is 16.8. The van der Waals surface area contributed by atoms with Gasteiger partial charge in [0.2, 0.25) is 5.96 Å². The van der Waals surface area contributed by atoms with Gasteiger partial charge in [-0.3, -0.25) is 10.1 Å². The molecule has 1 aliphatic rings. The fraction of sp³-hybridized carbons (Fsp3) is 0.263. The molecule has 0 aromatic heterocycles. The van der Waals surface area contributed by atoms with E-state index in [0.717, 1.165) is 29.4 Å². The van der Waals surface area contributed by atoms with E-state index in [1.807, 2.05) is 24.3 Å². The molecule has 1 atom stereocenters. The lowest BCUT2D eigenvalue weighted by atomic mass is 10.2. The van der Waals surface area contributed by atoms with Gasteiger partial charge in [0.05, 0.1) is 12.6 Å². The third-order valence-corrected chi connectivity index (χ3v) is 4.47. The monoisotopic (exact) mass is 437 g/mol. The number of anilines is 1. The number of ether oxygens (including phenoxy) is 1. The van der Waals surface area contributed by atoms with Crippen LogP contribution in [0.4, 0.5) is 14.5 Å². The normalized spacial score (nSPS) is 17.0. The van der Waals surface area contributed by atoms with Crippen LogP contribution in [0.3, 0.4) is 0 Å². The molecule has 27 heavy (non-hydrogen) atoms. The minimum atomic E-state index is -1.08. The van der Waals surface area contributed by atoms with Gasteiger partial charge in [-0.15, -0.1) is 0 Å². The SMILES string of the molecule is O=C(NC(=NCC1CCCO1)Nc1cccc(Br)c1)c1ccc(F)c(F)c1. The van der Waals surface area contributed by atoms with Gasteiger partial charge in [0, 0.05) is 22.3 Å². The Balaban J connectivity index is 1.76. The molecule has 8 heteroatoms. The van der Waals surface area contributed by atoms with E-state index in [4.69, 9.17) is 4.74 Å². The number of carbonyl (C=O) groups excluding carboxylic acids is 1. The zero-order chi connectivity index (χ0) is 19.2. The molecule has 0 bridgehead atoms. The van der Waals surface area contributed by atoms with Gasteiger partial charge in [-0.25, -0.2) is 13.8 Å². The molecule has 142 valence electrons. The van der Waals surface area contributed by atoms with Gasteiger partial charge in [-0.2, -0.15) is 0 Å². The number of amides is 1. The van der Waals surface area contributed by atoms with Crippen LogP contribution < -0.4 is 10.6 Å². The lowest BCUT2D eigenvalue weighted by Crippen LogP contribution is -2.36. The summed E-state index contributed by atoms with van der Waals surface area (Å²) in [6, 6.07) is 10.3. The average Bonchev–Trinajstić information content (AvgIpc) is 3.15. The van der Waals surface area contributed by atoms with Crippen LogP contribution in [0.5, 0.6) is 0 Å². The van der Waals surface area contributed by atoms with Gasteiger partial charge in [0.15, 0.2) is 11.6 Å². The maximum atomic E-state index is 13.4. The van der Waals surface area contributed by atoms with Crippen molar-refractivity contribution >= 4 is 33.5 Å². The summed E-state index contributed by atoms with van der Waals surface area (Å²) < 4.78 is 32.9. The number of halogens is 3. The van der Waals surface area contributed by atoms with Crippen LogP contribution >= 0.6 is 15.9 Å². The van der Waals surface area contributed by atoms with Crippen LogP contribution in [0.1, 0.15) is 23.2 Å². The molecular formula is C19H18BrF2N3O2. The van der Waals surface area contributed by atoms with Gasteiger partial charge in [0.25, 0.3) is 5.91 Å².